The van der Waals surface area contributed by atoms with Crippen LogP contribution in [0.15, 0.2) is 29.9 Å². The van der Waals surface area contributed by atoms with Crippen molar-refractivity contribution >= 4 is 16.1 Å². The standard InChI is InChI=1S/C5H6BrN3/c6-9-4-2-1-3-5(9)8-7/h1,3-4,8H,7H2. The number of nitrogens with two attached hydrogens (primary N) is 1. The summed E-state index contributed by atoms with van der Waals surface area (Å²) >= 11 is 3.20. The third-order valence-corrected chi connectivity index (χ3v) is 1.49. The van der Waals surface area contributed by atoms with Crippen LogP contribution in [0.2, 0.25) is 0 Å². The van der Waals surface area contributed by atoms with Crippen LogP contribution in [0.3, 0.4) is 0 Å². The van der Waals surface area contributed by atoms with Crippen LogP contribution in [-0.4, -0.2) is 3.93 Å². The van der Waals surface area contributed by atoms with Crippen LogP contribution in [0.5, 0.6) is 0 Å². The molecule has 0 aliphatic carbocycles. The number of halogens is 1. The third kappa shape index (κ3) is 1.36. The highest BCUT2D eigenvalue weighted by molar-refractivity contribution is 9.07. The van der Waals surface area contributed by atoms with Gasteiger partial charge in [0, 0.05) is 0 Å². The Bertz CT molecular complexity index is 190. The number of nitrogens with one attached hydrogen (secondary N) is 1. The molecule has 0 amide bonds. The zero-order chi connectivity index (χ0) is 6.69. The molecule has 1 rings (SSSR count). The van der Waals surface area contributed by atoms with E-state index in [9.17, 15) is 0 Å². The molecule has 0 atom stereocenters. The van der Waals surface area contributed by atoms with Crippen molar-refractivity contribution in [2.75, 3.05) is 0 Å². The zero-order valence-corrected chi connectivity index (χ0v) is 6.22. The monoisotopic (exact) mass is 187 g/mol. The summed E-state index contributed by atoms with van der Waals surface area (Å²) in [4.78, 5) is 0. The Morgan fingerprint density at radius 3 is 3.00 bits per heavy atom. The van der Waals surface area contributed by atoms with Gasteiger partial charge in [-0.05, 0) is 12.2 Å². The smallest absolute Gasteiger partial charge is 0.131 e. The molecule has 0 saturated heterocycles. The van der Waals surface area contributed by atoms with Crippen molar-refractivity contribution in [2.45, 2.75) is 0 Å². The molecule has 0 fully saturated rings. The first-order valence-corrected chi connectivity index (χ1v) is 3.10. The second kappa shape index (κ2) is 2.73. The molecule has 0 aromatic heterocycles. The van der Waals surface area contributed by atoms with Gasteiger partial charge in [0.15, 0.2) is 0 Å². The van der Waals surface area contributed by atoms with Gasteiger partial charge in [-0.25, -0.2) is 5.84 Å². The van der Waals surface area contributed by atoms with Crippen LogP contribution < -0.4 is 11.3 Å². The summed E-state index contributed by atoms with van der Waals surface area (Å²) in [6.07, 6.45) is 5.29. The SMILES string of the molecule is NNC1=CC=C=CN1Br. The maximum Gasteiger partial charge on any atom is 0.131 e. The van der Waals surface area contributed by atoms with E-state index in [2.05, 4.69) is 27.3 Å². The Morgan fingerprint density at radius 2 is 2.56 bits per heavy atom. The second-order valence-corrected chi connectivity index (χ2v) is 2.23. The summed E-state index contributed by atoms with van der Waals surface area (Å²) in [6, 6.07) is 0. The molecule has 3 N–H and O–H groups in total. The molecule has 1 heterocycles. The fourth-order valence-electron chi connectivity index (χ4n) is 0.486. The van der Waals surface area contributed by atoms with Crippen LogP contribution in [-0.2, 0) is 0 Å². The fraction of sp³-hybridized carbons (Fsp3) is 0. The van der Waals surface area contributed by atoms with Crippen molar-refractivity contribution in [3.8, 4) is 0 Å². The van der Waals surface area contributed by atoms with Crippen molar-refractivity contribution in [2.24, 2.45) is 5.84 Å². The normalized spacial score (nSPS) is 15.8. The van der Waals surface area contributed by atoms with Gasteiger partial charge in [-0.15, -0.1) is 5.73 Å². The highest BCUT2D eigenvalue weighted by Crippen LogP contribution is 2.09. The highest BCUT2D eigenvalue weighted by atomic mass is 79.9. The van der Waals surface area contributed by atoms with Crippen LogP contribution >= 0.6 is 16.1 Å². The lowest BCUT2D eigenvalue weighted by molar-refractivity contribution is 0.668. The number of hydrogen-bond donors (Lipinski definition) is 2. The summed E-state index contributed by atoms with van der Waals surface area (Å²) in [5, 5.41) is 0. The molecule has 48 valence electrons. The Morgan fingerprint density at radius 1 is 1.78 bits per heavy atom. The van der Waals surface area contributed by atoms with E-state index in [4.69, 9.17) is 5.84 Å². The molecule has 0 spiro atoms. The van der Waals surface area contributed by atoms with Crippen LogP contribution in [0.25, 0.3) is 0 Å². The van der Waals surface area contributed by atoms with Crippen LogP contribution in [0.1, 0.15) is 0 Å². The minimum absolute atomic E-state index is 0.786. The van der Waals surface area contributed by atoms with Gasteiger partial charge in [0.05, 0.1) is 22.3 Å². The topological polar surface area (TPSA) is 41.3 Å². The molecular weight excluding hydrogens is 182 g/mol. The summed E-state index contributed by atoms with van der Waals surface area (Å²) in [5.74, 6) is 5.92. The van der Waals surface area contributed by atoms with Crippen molar-refractivity contribution in [3.05, 3.63) is 29.9 Å². The Balaban J connectivity index is 2.76. The van der Waals surface area contributed by atoms with Crippen molar-refractivity contribution in [1.82, 2.24) is 9.35 Å². The molecule has 3 nitrogen and oxygen atoms in total. The lowest BCUT2D eigenvalue weighted by Crippen LogP contribution is -2.27. The van der Waals surface area contributed by atoms with E-state index in [1.54, 1.807) is 22.3 Å². The summed E-state index contributed by atoms with van der Waals surface area (Å²) in [5.41, 5.74) is 5.35. The lowest BCUT2D eigenvalue weighted by atomic mass is 10.4. The molecule has 0 saturated carbocycles. The van der Waals surface area contributed by atoms with Crippen LogP contribution in [0.4, 0.5) is 0 Å². The van der Waals surface area contributed by atoms with E-state index in [1.807, 2.05) is 0 Å². The predicted molar refractivity (Wildman–Crippen MR) is 38.8 cm³/mol. The molecular formula is C5H6BrN3. The van der Waals surface area contributed by atoms with Gasteiger partial charge < -0.3 is 5.43 Å². The molecule has 1 aliphatic heterocycles. The fourth-order valence-corrected chi connectivity index (χ4v) is 0.825. The predicted octanol–water partition coefficient (Wildman–Crippen LogP) is 0.585. The minimum Gasteiger partial charge on any atom is -0.309 e. The van der Waals surface area contributed by atoms with Gasteiger partial charge in [0.2, 0.25) is 0 Å². The van der Waals surface area contributed by atoms with Gasteiger partial charge in [0.1, 0.15) is 5.82 Å². The maximum atomic E-state index is 5.14. The number of allylic oxidation sites excluding steroid dienone is 2. The van der Waals surface area contributed by atoms with E-state index in [0.717, 1.165) is 5.82 Å². The molecule has 0 aromatic rings. The molecule has 1 aliphatic rings. The maximum absolute atomic E-state index is 5.14. The van der Waals surface area contributed by atoms with Crippen molar-refractivity contribution in [3.63, 3.8) is 0 Å². The van der Waals surface area contributed by atoms with Gasteiger partial charge >= 0.3 is 0 Å². The summed E-state index contributed by atoms with van der Waals surface area (Å²) < 4.78 is 1.66. The number of rotatable bonds is 1. The van der Waals surface area contributed by atoms with Crippen LogP contribution in [0, 0.1) is 0 Å². The van der Waals surface area contributed by atoms with Crippen molar-refractivity contribution < 1.29 is 0 Å². The molecule has 0 unspecified atom stereocenters. The number of nitrogens with zero attached hydrogens (tertiary/aromatic N) is 1. The molecule has 9 heavy (non-hydrogen) atoms. The van der Waals surface area contributed by atoms with Gasteiger partial charge in [-0.3, -0.25) is 3.93 Å². The van der Waals surface area contributed by atoms with E-state index in [-0.39, 0.29) is 0 Å². The zero-order valence-electron chi connectivity index (χ0n) is 4.63. The second-order valence-electron chi connectivity index (χ2n) is 1.47. The number of hydrazine groups is 1. The first-order chi connectivity index (χ1) is 4.34. The molecule has 0 radical (unpaired) electrons. The Labute approximate surface area is 61.8 Å². The van der Waals surface area contributed by atoms with E-state index in [1.165, 1.54) is 0 Å². The van der Waals surface area contributed by atoms with Gasteiger partial charge in [0.25, 0.3) is 0 Å². The van der Waals surface area contributed by atoms with E-state index < -0.39 is 0 Å². The lowest BCUT2D eigenvalue weighted by Gasteiger charge is -2.14. The van der Waals surface area contributed by atoms with Gasteiger partial charge in [-0.2, -0.15) is 0 Å². The minimum atomic E-state index is 0.786. The molecule has 0 bridgehead atoms. The highest BCUT2D eigenvalue weighted by Gasteiger charge is 1.99. The first-order valence-electron chi connectivity index (χ1n) is 2.39. The van der Waals surface area contributed by atoms with E-state index >= 15 is 0 Å². The van der Waals surface area contributed by atoms with Crippen molar-refractivity contribution in [1.29, 1.82) is 0 Å². The Hall–Kier alpha value is -0.700. The third-order valence-electron chi connectivity index (χ3n) is 0.903. The van der Waals surface area contributed by atoms with Gasteiger partial charge in [-0.1, -0.05) is 0 Å². The summed E-state index contributed by atoms with van der Waals surface area (Å²) in [6.45, 7) is 0. The average molecular weight is 188 g/mol. The van der Waals surface area contributed by atoms with E-state index in [0.29, 0.717) is 0 Å². The summed E-state index contributed by atoms with van der Waals surface area (Å²) in [7, 11) is 0. The average Bonchev–Trinajstić information content (AvgIpc) is 1.89. The molecule has 4 heteroatoms. The largest absolute Gasteiger partial charge is 0.309 e. The quantitative estimate of drug-likeness (QED) is 0.274. The first kappa shape index (κ1) is 6.42. The Kier molecular flexibility index (Phi) is 1.95. The molecule has 0 aromatic carbocycles. The number of hydrogen-bond acceptors (Lipinski definition) is 3.